The number of nitrogens with zero attached hydrogens (tertiary/aromatic N) is 3. The Labute approximate surface area is 199 Å². The van der Waals surface area contributed by atoms with Gasteiger partial charge in [0.15, 0.2) is 0 Å². The van der Waals surface area contributed by atoms with Crippen molar-refractivity contribution in [2.75, 3.05) is 27.2 Å². The average molecular weight is 471 g/mol. The van der Waals surface area contributed by atoms with Gasteiger partial charge in [-0.1, -0.05) is 43.5 Å². The molecule has 2 N–H and O–H groups in total. The van der Waals surface area contributed by atoms with Crippen LogP contribution in [0.5, 0.6) is 5.75 Å². The summed E-state index contributed by atoms with van der Waals surface area (Å²) >= 11 is 6.21. The molecule has 0 saturated heterocycles. The zero-order chi connectivity index (χ0) is 24.0. The monoisotopic (exact) mass is 470 g/mol. The molecule has 1 atom stereocenters. The molecule has 0 spiro atoms. The van der Waals surface area contributed by atoms with Crippen molar-refractivity contribution in [1.82, 2.24) is 14.5 Å². The van der Waals surface area contributed by atoms with Gasteiger partial charge in [-0.15, -0.1) is 0 Å². The van der Waals surface area contributed by atoms with E-state index in [1.807, 2.05) is 27.1 Å². The van der Waals surface area contributed by atoms with Crippen LogP contribution in [0.25, 0.3) is 22.3 Å². The molecule has 1 heterocycles. The summed E-state index contributed by atoms with van der Waals surface area (Å²) in [6.45, 7) is 3.46. The quantitative estimate of drug-likeness (QED) is 0.423. The third-order valence-electron chi connectivity index (χ3n) is 5.44. The van der Waals surface area contributed by atoms with Crippen molar-refractivity contribution < 1.29 is 9.53 Å². The fraction of sp³-hybridized carbons (Fsp3) is 0.400. The molecule has 176 valence electrons. The molecule has 3 rings (SSSR count). The van der Waals surface area contributed by atoms with Crippen molar-refractivity contribution in [3.63, 3.8) is 0 Å². The lowest BCUT2D eigenvalue weighted by atomic mass is 10.1. The predicted octanol–water partition coefficient (Wildman–Crippen LogP) is 4.26. The maximum atomic E-state index is 13.7. The lowest BCUT2D eigenvalue weighted by Gasteiger charge is -2.21. The first-order chi connectivity index (χ1) is 15.8. The minimum atomic E-state index is -0.812. The lowest BCUT2D eigenvalue weighted by molar-refractivity contribution is -0.121. The number of carbonyl (C=O) groups excluding carboxylic acids is 1. The van der Waals surface area contributed by atoms with Gasteiger partial charge in [-0.2, -0.15) is 0 Å². The molecule has 3 aromatic rings. The summed E-state index contributed by atoms with van der Waals surface area (Å²) in [5.74, 6) is 0.395. The number of aromatic nitrogens is 2. The van der Waals surface area contributed by atoms with E-state index in [-0.39, 0.29) is 5.56 Å². The van der Waals surface area contributed by atoms with Crippen LogP contribution in [0.15, 0.2) is 47.3 Å². The highest BCUT2D eigenvalue weighted by molar-refractivity contribution is 6.30. The molecule has 1 aromatic heterocycles. The van der Waals surface area contributed by atoms with Gasteiger partial charge in [0.25, 0.3) is 5.56 Å². The first-order valence-electron chi connectivity index (χ1n) is 11.2. The number of fused-ring (bicyclic) bond motifs is 1. The molecule has 0 bridgehead atoms. The summed E-state index contributed by atoms with van der Waals surface area (Å²) < 4.78 is 7.27. The largest absolute Gasteiger partial charge is 0.494 e. The second-order valence-electron chi connectivity index (χ2n) is 8.37. The Kier molecular flexibility index (Phi) is 8.47. The number of hydrogen-bond donors (Lipinski definition) is 1. The molecule has 7 nitrogen and oxygen atoms in total. The van der Waals surface area contributed by atoms with Crippen molar-refractivity contribution in [2.24, 2.45) is 5.73 Å². The minimum Gasteiger partial charge on any atom is -0.494 e. The molecule has 0 aliphatic rings. The van der Waals surface area contributed by atoms with Crippen LogP contribution in [-0.2, 0) is 4.79 Å². The number of ether oxygens (including phenoxy) is 1. The Morgan fingerprint density at radius 2 is 2.00 bits per heavy atom. The van der Waals surface area contributed by atoms with E-state index in [2.05, 4.69) is 4.90 Å². The highest BCUT2D eigenvalue weighted by Gasteiger charge is 2.24. The number of halogens is 1. The molecule has 0 fully saturated rings. The van der Waals surface area contributed by atoms with E-state index in [1.54, 1.807) is 36.4 Å². The maximum absolute atomic E-state index is 13.7. The average Bonchev–Trinajstić information content (AvgIpc) is 2.78. The van der Waals surface area contributed by atoms with Crippen molar-refractivity contribution >= 4 is 28.4 Å². The fourth-order valence-corrected chi connectivity index (χ4v) is 3.95. The van der Waals surface area contributed by atoms with Crippen LogP contribution in [0, 0.1) is 0 Å². The van der Waals surface area contributed by atoms with Gasteiger partial charge in [-0.3, -0.25) is 14.2 Å². The molecule has 1 amide bonds. The first kappa shape index (κ1) is 24.7. The van der Waals surface area contributed by atoms with Crippen LogP contribution in [-0.4, -0.2) is 47.6 Å². The lowest BCUT2D eigenvalue weighted by Crippen LogP contribution is -2.35. The van der Waals surface area contributed by atoms with Crippen molar-refractivity contribution in [3.8, 4) is 17.1 Å². The molecule has 0 radical (unpaired) electrons. The second kappa shape index (κ2) is 11.3. The summed E-state index contributed by atoms with van der Waals surface area (Å²) in [6, 6.07) is 11.5. The van der Waals surface area contributed by atoms with Crippen LogP contribution in [0.4, 0.5) is 0 Å². The van der Waals surface area contributed by atoms with E-state index in [0.29, 0.717) is 46.1 Å². The summed E-state index contributed by atoms with van der Waals surface area (Å²) in [4.78, 5) is 33.0. The maximum Gasteiger partial charge on any atom is 0.262 e. The standard InChI is InChI=1S/C25H31ClN4O3/c1-4-5-10-22(23(27)31)30-24(17-8-6-9-18(26)15-17)28-21-12-11-19(16-20(21)25(30)32)33-14-7-13-29(2)3/h6,8-9,11-12,15-16,22H,4-5,7,10,13-14H2,1-3H3,(H2,27,31). The molecular weight excluding hydrogens is 440 g/mol. The van der Waals surface area contributed by atoms with Crippen molar-refractivity contribution in [3.05, 3.63) is 57.8 Å². The van der Waals surface area contributed by atoms with E-state index in [1.165, 1.54) is 4.57 Å². The Morgan fingerprint density at radius 3 is 2.67 bits per heavy atom. The van der Waals surface area contributed by atoms with Gasteiger partial charge in [0.1, 0.15) is 17.6 Å². The van der Waals surface area contributed by atoms with E-state index in [0.717, 1.165) is 25.8 Å². The van der Waals surface area contributed by atoms with Crippen LogP contribution in [0.3, 0.4) is 0 Å². The number of rotatable bonds is 11. The Morgan fingerprint density at radius 1 is 1.21 bits per heavy atom. The second-order valence-corrected chi connectivity index (χ2v) is 8.80. The van der Waals surface area contributed by atoms with Crippen LogP contribution >= 0.6 is 11.6 Å². The minimum absolute atomic E-state index is 0.325. The van der Waals surface area contributed by atoms with Gasteiger partial charge in [0, 0.05) is 17.1 Å². The summed E-state index contributed by atoms with van der Waals surface area (Å²) in [6.07, 6.45) is 2.94. The highest BCUT2D eigenvalue weighted by Crippen LogP contribution is 2.27. The zero-order valence-corrected chi connectivity index (χ0v) is 20.1. The zero-order valence-electron chi connectivity index (χ0n) is 19.4. The number of benzene rings is 2. The molecule has 1 unspecified atom stereocenters. The topological polar surface area (TPSA) is 90.4 Å². The number of nitrogens with two attached hydrogens (primary N) is 1. The number of amides is 1. The Balaban J connectivity index is 2.13. The SMILES string of the molecule is CCCCC(C(N)=O)n1c(-c2cccc(Cl)c2)nc2ccc(OCCCN(C)C)cc2c1=O. The number of hydrogen-bond acceptors (Lipinski definition) is 5. The molecule has 0 aliphatic heterocycles. The summed E-state index contributed by atoms with van der Waals surface area (Å²) in [7, 11) is 4.02. The molecule has 8 heteroatoms. The third-order valence-corrected chi connectivity index (χ3v) is 5.68. The fourth-order valence-electron chi connectivity index (χ4n) is 3.75. The smallest absolute Gasteiger partial charge is 0.262 e. The van der Waals surface area contributed by atoms with Gasteiger partial charge in [-0.05, 0) is 57.3 Å². The Hall–Kier alpha value is -2.90. The van der Waals surface area contributed by atoms with Gasteiger partial charge in [0.2, 0.25) is 5.91 Å². The summed E-state index contributed by atoms with van der Waals surface area (Å²) in [5, 5.41) is 0.896. The van der Waals surface area contributed by atoms with E-state index >= 15 is 0 Å². The van der Waals surface area contributed by atoms with Gasteiger partial charge < -0.3 is 15.4 Å². The number of primary amides is 1. The van der Waals surface area contributed by atoms with Crippen molar-refractivity contribution in [1.29, 1.82) is 0 Å². The molecule has 0 aliphatic carbocycles. The number of carbonyl (C=O) groups is 1. The molecule has 33 heavy (non-hydrogen) atoms. The predicted molar refractivity (Wildman–Crippen MR) is 133 cm³/mol. The van der Waals surface area contributed by atoms with Gasteiger partial charge in [0.05, 0.1) is 17.5 Å². The van der Waals surface area contributed by atoms with Crippen LogP contribution < -0.4 is 16.0 Å². The van der Waals surface area contributed by atoms with E-state index in [4.69, 9.17) is 27.1 Å². The first-order valence-corrected chi connectivity index (χ1v) is 11.6. The molecule has 2 aromatic carbocycles. The van der Waals surface area contributed by atoms with Gasteiger partial charge >= 0.3 is 0 Å². The van der Waals surface area contributed by atoms with Crippen LogP contribution in [0.1, 0.15) is 38.6 Å². The third kappa shape index (κ3) is 6.12. The van der Waals surface area contributed by atoms with Crippen LogP contribution in [0.2, 0.25) is 5.02 Å². The molecular formula is C25H31ClN4O3. The highest BCUT2D eigenvalue weighted by atomic mass is 35.5. The van der Waals surface area contributed by atoms with E-state index in [9.17, 15) is 9.59 Å². The number of unbranched alkanes of at least 4 members (excludes halogenated alkanes) is 1. The van der Waals surface area contributed by atoms with Gasteiger partial charge in [-0.25, -0.2) is 4.98 Å². The Bertz CT molecular complexity index is 1180. The van der Waals surface area contributed by atoms with Crippen molar-refractivity contribution in [2.45, 2.75) is 38.6 Å². The normalized spacial score (nSPS) is 12.3. The van der Waals surface area contributed by atoms with E-state index < -0.39 is 11.9 Å². The summed E-state index contributed by atoms with van der Waals surface area (Å²) in [5.41, 5.74) is 6.59. The molecule has 0 saturated carbocycles.